The van der Waals surface area contributed by atoms with Gasteiger partial charge in [-0.3, -0.25) is 25.2 Å². The van der Waals surface area contributed by atoms with E-state index in [0.29, 0.717) is 0 Å². The number of hydrogen-bond acceptors (Lipinski definition) is 5. The molecule has 1 aliphatic carbocycles. The van der Waals surface area contributed by atoms with Crippen molar-refractivity contribution in [2.24, 2.45) is 5.92 Å². The topological polar surface area (TPSA) is 116 Å². The Bertz CT molecular complexity index is 1230. The normalized spacial score (nSPS) is 17.8. The second-order valence-corrected chi connectivity index (χ2v) is 10.6. The van der Waals surface area contributed by atoms with Crippen molar-refractivity contribution in [3.63, 3.8) is 0 Å². The summed E-state index contributed by atoms with van der Waals surface area (Å²) in [7, 11) is -0.897. The molecular weight excluding hydrogens is 444 g/mol. The number of aryl methyl sites for hydroxylation is 2. The lowest BCUT2D eigenvalue weighted by Crippen LogP contribution is -2.45. The van der Waals surface area contributed by atoms with Crippen LogP contribution in [0.3, 0.4) is 0 Å². The van der Waals surface area contributed by atoms with Crippen molar-refractivity contribution >= 4 is 33.4 Å². The van der Waals surface area contributed by atoms with Gasteiger partial charge in [-0.2, -0.15) is 0 Å². The van der Waals surface area contributed by atoms with Crippen LogP contribution in [0, 0.1) is 5.92 Å². The second kappa shape index (κ2) is 8.95. The molecule has 1 aliphatic heterocycles. The number of anilines is 1. The number of benzene rings is 2. The minimum atomic E-state index is -3.70. The molecule has 9 nitrogen and oxygen atoms in total. The first-order chi connectivity index (χ1) is 15.7. The molecule has 0 saturated carbocycles. The van der Waals surface area contributed by atoms with E-state index in [-0.39, 0.29) is 29.3 Å². The molecule has 1 heterocycles. The van der Waals surface area contributed by atoms with Crippen LogP contribution in [-0.2, 0) is 32.5 Å². The Labute approximate surface area is 192 Å². The Kier molecular flexibility index (Phi) is 6.22. The van der Waals surface area contributed by atoms with Crippen LogP contribution in [0.15, 0.2) is 47.4 Å². The first-order valence-corrected chi connectivity index (χ1v) is 12.2. The number of nitrogens with one attached hydrogen (secondary N) is 2. The average molecular weight is 471 g/mol. The maximum atomic E-state index is 12.6. The van der Waals surface area contributed by atoms with Gasteiger partial charge >= 0.3 is 0 Å². The number of sulfonamides is 1. The predicted molar refractivity (Wildman–Crippen MR) is 122 cm³/mol. The molecule has 33 heavy (non-hydrogen) atoms. The number of fused-ring (bicyclic) bond motifs is 1. The van der Waals surface area contributed by atoms with E-state index in [1.54, 1.807) is 4.90 Å². The largest absolute Gasteiger partial charge is 0.312 e. The fourth-order valence-electron chi connectivity index (χ4n) is 4.16. The van der Waals surface area contributed by atoms with E-state index >= 15 is 0 Å². The molecule has 0 spiro atoms. The van der Waals surface area contributed by atoms with E-state index in [2.05, 4.69) is 10.9 Å². The smallest absolute Gasteiger partial charge is 0.269 e. The van der Waals surface area contributed by atoms with Crippen molar-refractivity contribution in [2.75, 3.05) is 25.5 Å². The number of nitrogens with zero attached hydrogens (tertiary/aromatic N) is 2. The van der Waals surface area contributed by atoms with Crippen molar-refractivity contribution in [3.05, 3.63) is 59.2 Å². The molecule has 0 bridgehead atoms. The van der Waals surface area contributed by atoms with Crippen molar-refractivity contribution in [3.8, 4) is 0 Å². The zero-order chi connectivity index (χ0) is 23.8. The lowest BCUT2D eigenvalue weighted by atomic mass is 10.1. The van der Waals surface area contributed by atoms with Gasteiger partial charge in [0.25, 0.3) is 5.91 Å². The van der Waals surface area contributed by atoms with Crippen LogP contribution in [0.1, 0.15) is 34.3 Å². The van der Waals surface area contributed by atoms with Gasteiger partial charge in [0, 0.05) is 38.3 Å². The average Bonchev–Trinajstić information content (AvgIpc) is 3.43. The van der Waals surface area contributed by atoms with E-state index in [9.17, 15) is 22.8 Å². The number of hydrazine groups is 1. The number of rotatable bonds is 5. The quantitative estimate of drug-likeness (QED) is 0.638. The highest BCUT2D eigenvalue weighted by molar-refractivity contribution is 7.89. The highest BCUT2D eigenvalue weighted by atomic mass is 32.2. The highest BCUT2D eigenvalue weighted by Gasteiger charge is 2.35. The summed E-state index contributed by atoms with van der Waals surface area (Å²) in [5, 5.41) is 0. The molecule has 2 aromatic rings. The lowest BCUT2D eigenvalue weighted by molar-refractivity contribution is -0.126. The van der Waals surface area contributed by atoms with E-state index in [1.807, 2.05) is 18.2 Å². The molecule has 2 N–H and O–H groups in total. The molecule has 2 aliphatic rings. The summed E-state index contributed by atoms with van der Waals surface area (Å²) in [6.07, 6.45) is 3.22. The van der Waals surface area contributed by atoms with Gasteiger partial charge in [0.1, 0.15) is 0 Å². The number of amides is 3. The summed E-state index contributed by atoms with van der Waals surface area (Å²) in [6, 6.07) is 11.5. The van der Waals surface area contributed by atoms with Gasteiger partial charge < -0.3 is 4.90 Å². The van der Waals surface area contributed by atoms with Gasteiger partial charge in [-0.1, -0.05) is 12.1 Å². The first kappa shape index (κ1) is 22.9. The number of carbonyl (C=O) groups excluding carboxylic acids is 3. The summed E-state index contributed by atoms with van der Waals surface area (Å²) >= 11 is 0. The van der Waals surface area contributed by atoms with Crippen molar-refractivity contribution in [1.29, 1.82) is 0 Å². The Morgan fingerprint density at radius 3 is 2.55 bits per heavy atom. The summed E-state index contributed by atoms with van der Waals surface area (Å²) < 4.78 is 25.6. The highest BCUT2D eigenvalue weighted by Crippen LogP contribution is 2.30. The molecule has 0 aromatic heterocycles. The molecule has 1 fully saturated rings. The Morgan fingerprint density at radius 1 is 1.03 bits per heavy atom. The van der Waals surface area contributed by atoms with Gasteiger partial charge in [-0.05, 0) is 60.7 Å². The molecule has 4 rings (SSSR count). The van der Waals surface area contributed by atoms with E-state index < -0.39 is 27.8 Å². The van der Waals surface area contributed by atoms with Gasteiger partial charge in [-0.15, -0.1) is 0 Å². The number of carbonyl (C=O) groups is 3. The van der Waals surface area contributed by atoms with Gasteiger partial charge in [-0.25, -0.2) is 12.7 Å². The SMILES string of the molecule is CN(C)S(=O)(=O)c1cccc(C(=O)NNC(=O)C2CC(=O)N(c3ccc4c(c3)CCC4)C2)c1. The monoisotopic (exact) mass is 470 g/mol. The Balaban J connectivity index is 1.37. The first-order valence-electron chi connectivity index (χ1n) is 10.7. The molecular formula is C23H26N4O5S. The summed E-state index contributed by atoms with van der Waals surface area (Å²) in [6.45, 7) is 0.232. The number of hydrogen-bond donors (Lipinski definition) is 2. The molecule has 1 unspecified atom stereocenters. The second-order valence-electron chi connectivity index (χ2n) is 8.47. The minimum Gasteiger partial charge on any atom is -0.312 e. The third-order valence-corrected chi connectivity index (χ3v) is 7.87. The zero-order valence-corrected chi connectivity index (χ0v) is 19.3. The van der Waals surface area contributed by atoms with Crippen LogP contribution in [0.2, 0.25) is 0 Å². The maximum Gasteiger partial charge on any atom is 0.269 e. The van der Waals surface area contributed by atoms with Crippen molar-refractivity contribution in [2.45, 2.75) is 30.6 Å². The Hall–Kier alpha value is -3.24. The van der Waals surface area contributed by atoms with Gasteiger partial charge in [0.2, 0.25) is 21.8 Å². The van der Waals surface area contributed by atoms with E-state index in [1.165, 1.54) is 49.5 Å². The van der Waals surface area contributed by atoms with Crippen molar-refractivity contribution < 1.29 is 22.8 Å². The van der Waals surface area contributed by atoms with Crippen molar-refractivity contribution in [1.82, 2.24) is 15.2 Å². The fourth-order valence-corrected chi connectivity index (χ4v) is 5.11. The fraction of sp³-hybridized carbons (Fsp3) is 0.348. The standard InChI is InChI=1S/C23H26N4O5S/c1-26(2)33(31,32)20-8-4-7-17(12-20)22(29)24-25-23(30)18-13-21(28)27(14-18)19-10-9-15-5-3-6-16(15)11-19/h4,7-12,18H,3,5-6,13-14H2,1-2H3,(H,24,29)(H,25,30). The van der Waals surface area contributed by atoms with E-state index in [4.69, 9.17) is 0 Å². The van der Waals surface area contributed by atoms with Crippen LogP contribution < -0.4 is 15.8 Å². The van der Waals surface area contributed by atoms with Crippen LogP contribution in [0.25, 0.3) is 0 Å². The summed E-state index contributed by atoms with van der Waals surface area (Å²) in [5.41, 5.74) is 8.10. The molecule has 3 amide bonds. The third kappa shape index (κ3) is 4.62. The molecule has 2 aromatic carbocycles. The van der Waals surface area contributed by atoms with Gasteiger partial charge in [0.15, 0.2) is 0 Å². The lowest BCUT2D eigenvalue weighted by Gasteiger charge is -2.18. The molecule has 1 atom stereocenters. The predicted octanol–water partition coefficient (Wildman–Crippen LogP) is 1.24. The summed E-state index contributed by atoms with van der Waals surface area (Å²) in [5.74, 6) is -1.87. The molecule has 1 saturated heterocycles. The molecule has 0 radical (unpaired) electrons. The third-order valence-electron chi connectivity index (χ3n) is 6.06. The maximum absolute atomic E-state index is 12.6. The molecule has 174 valence electrons. The summed E-state index contributed by atoms with van der Waals surface area (Å²) in [4.78, 5) is 39.2. The van der Waals surface area contributed by atoms with Gasteiger partial charge in [0.05, 0.1) is 10.8 Å². The van der Waals surface area contributed by atoms with Crippen LogP contribution in [0.5, 0.6) is 0 Å². The molecule has 10 heteroatoms. The Morgan fingerprint density at radius 2 is 1.79 bits per heavy atom. The minimum absolute atomic E-state index is 0.0298. The van der Waals surface area contributed by atoms with E-state index in [0.717, 1.165) is 29.3 Å². The van der Waals surface area contributed by atoms with Crippen LogP contribution >= 0.6 is 0 Å². The van der Waals surface area contributed by atoms with Crippen LogP contribution in [-0.4, -0.2) is 51.1 Å². The van der Waals surface area contributed by atoms with Crippen LogP contribution in [0.4, 0.5) is 5.69 Å². The zero-order valence-electron chi connectivity index (χ0n) is 18.5.